The van der Waals surface area contributed by atoms with E-state index in [2.05, 4.69) is 0 Å². The number of alkyl carbamates (subject to hydrolysis) is 1. The number of hydrogen-bond donors (Lipinski definition) is 2. The number of fused-ring (bicyclic) bond motifs is 3. The number of nitrogens with one attached hydrogen (secondary N) is 1. The SMILES string of the molecule is O=C(N[C@@H](CCC(F)(F)F)C(=O)O)OCC1c2ccccc2-c2ccccc21. The largest absolute Gasteiger partial charge is 0.480 e. The molecule has 0 saturated carbocycles. The lowest BCUT2D eigenvalue weighted by Gasteiger charge is -2.18. The molecule has 5 nitrogen and oxygen atoms in total. The van der Waals surface area contributed by atoms with E-state index < -0.39 is 37.1 Å². The van der Waals surface area contributed by atoms with E-state index in [1.54, 1.807) is 0 Å². The first-order valence-electron chi connectivity index (χ1n) is 8.67. The molecule has 0 aliphatic heterocycles. The highest BCUT2D eigenvalue weighted by atomic mass is 19.4. The molecule has 28 heavy (non-hydrogen) atoms. The first-order valence-corrected chi connectivity index (χ1v) is 8.67. The Morgan fingerprint density at radius 2 is 1.57 bits per heavy atom. The van der Waals surface area contributed by atoms with Crippen molar-refractivity contribution in [3.05, 3.63) is 59.7 Å². The zero-order chi connectivity index (χ0) is 20.3. The lowest BCUT2D eigenvalue weighted by Crippen LogP contribution is -2.42. The minimum Gasteiger partial charge on any atom is -0.480 e. The molecule has 0 unspecified atom stereocenters. The number of hydrogen-bond acceptors (Lipinski definition) is 3. The Hall–Kier alpha value is -3.03. The molecule has 0 saturated heterocycles. The van der Waals surface area contributed by atoms with Gasteiger partial charge in [-0.2, -0.15) is 13.2 Å². The van der Waals surface area contributed by atoms with E-state index in [1.807, 2.05) is 53.8 Å². The molecule has 2 aromatic rings. The van der Waals surface area contributed by atoms with Gasteiger partial charge in [0.1, 0.15) is 12.6 Å². The number of ether oxygens (including phenoxy) is 1. The molecule has 0 aromatic heterocycles. The molecule has 0 radical (unpaired) electrons. The van der Waals surface area contributed by atoms with Crippen LogP contribution in [0.2, 0.25) is 0 Å². The maximum Gasteiger partial charge on any atom is 0.407 e. The number of amides is 1. The van der Waals surface area contributed by atoms with E-state index in [4.69, 9.17) is 9.84 Å². The Bertz CT molecular complexity index is 836. The Balaban J connectivity index is 1.65. The summed E-state index contributed by atoms with van der Waals surface area (Å²) in [6.45, 7) is -0.0501. The number of aliphatic carboxylic acids is 1. The molecule has 3 rings (SSSR count). The van der Waals surface area contributed by atoms with Crippen molar-refractivity contribution in [2.45, 2.75) is 31.0 Å². The average Bonchev–Trinajstić information content (AvgIpc) is 2.96. The highest BCUT2D eigenvalue weighted by Crippen LogP contribution is 2.44. The lowest BCUT2D eigenvalue weighted by molar-refractivity contribution is -0.145. The average molecular weight is 393 g/mol. The van der Waals surface area contributed by atoms with Gasteiger partial charge in [0.25, 0.3) is 0 Å². The van der Waals surface area contributed by atoms with E-state index >= 15 is 0 Å². The van der Waals surface area contributed by atoms with E-state index in [-0.39, 0.29) is 12.5 Å². The van der Waals surface area contributed by atoms with Gasteiger partial charge in [0.2, 0.25) is 0 Å². The third-order valence-electron chi connectivity index (χ3n) is 4.65. The van der Waals surface area contributed by atoms with Crippen LogP contribution in [-0.4, -0.2) is 36.0 Å². The fourth-order valence-electron chi connectivity index (χ4n) is 3.35. The van der Waals surface area contributed by atoms with Crippen molar-refractivity contribution in [3.8, 4) is 11.1 Å². The van der Waals surface area contributed by atoms with Crippen LogP contribution < -0.4 is 5.32 Å². The summed E-state index contributed by atoms with van der Waals surface area (Å²) in [5, 5.41) is 11.0. The first kappa shape index (κ1) is 19.7. The second kappa shape index (κ2) is 7.92. The summed E-state index contributed by atoms with van der Waals surface area (Å²) in [6, 6.07) is 13.7. The number of alkyl halides is 3. The molecular formula is C20H18F3NO4. The van der Waals surface area contributed by atoms with E-state index in [0.717, 1.165) is 22.3 Å². The summed E-state index contributed by atoms with van der Waals surface area (Å²) in [5.41, 5.74) is 4.01. The van der Waals surface area contributed by atoms with Crippen molar-refractivity contribution in [3.63, 3.8) is 0 Å². The number of halogens is 3. The van der Waals surface area contributed by atoms with Gasteiger partial charge in [0, 0.05) is 12.3 Å². The quantitative estimate of drug-likeness (QED) is 0.766. The Labute approximate surface area is 159 Å². The number of carbonyl (C=O) groups is 2. The van der Waals surface area contributed by atoms with Gasteiger partial charge in [-0.1, -0.05) is 48.5 Å². The van der Waals surface area contributed by atoms with Crippen LogP contribution in [0.4, 0.5) is 18.0 Å². The van der Waals surface area contributed by atoms with Crippen LogP contribution in [0.3, 0.4) is 0 Å². The van der Waals surface area contributed by atoms with Gasteiger partial charge in [0.15, 0.2) is 0 Å². The summed E-state index contributed by atoms with van der Waals surface area (Å²) in [5.74, 6) is -1.77. The zero-order valence-corrected chi connectivity index (χ0v) is 14.7. The summed E-state index contributed by atoms with van der Waals surface area (Å²) < 4.78 is 42.1. The summed E-state index contributed by atoms with van der Waals surface area (Å²) in [7, 11) is 0. The Morgan fingerprint density at radius 3 is 2.07 bits per heavy atom. The second-order valence-corrected chi connectivity index (χ2v) is 6.51. The fourth-order valence-corrected chi connectivity index (χ4v) is 3.35. The zero-order valence-electron chi connectivity index (χ0n) is 14.7. The summed E-state index contributed by atoms with van der Waals surface area (Å²) >= 11 is 0. The molecule has 0 fully saturated rings. The van der Waals surface area contributed by atoms with Crippen LogP contribution in [0, 0.1) is 0 Å². The molecular weight excluding hydrogens is 375 g/mol. The van der Waals surface area contributed by atoms with Gasteiger partial charge in [0.05, 0.1) is 0 Å². The number of carbonyl (C=O) groups excluding carboxylic acids is 1. The first-order chi connectivity index (χ1) is 13.3. The van der Waals surface area contributed by atoms with Crippen LogP contribution in [0.1, 0.15) is 29.9 Å². The predicted molar refractivity (Wildman–Crippen MR) is 94.9 cm³/mol. The number of rotatable bonds is 6. The summed E-state index contributed by atoms with van der Waals surface area (Å²) in [4.78, 5) is 23.1. The van der Waals surface area contributed by atoms with Crippen molar-refractivity contribution in [2.75, 3.05) is 6.61 Å². The Kier molecular flexibility index (Phi) is 5.58. The van der Waals surface area contributed by atoms with Crippen LogP contribution in [0.15, 0.2) is 48.5 Å². The minimum absolute atomic E-state index is 0.0501. The van der Waals surface area contributed by atoms with Crippen molar-refractivity contribution in [2.24, 2.45) is 0 Å². The molecule has 148 valence electrons. The van der Waals surface area contributed by atoms with Gasteiger partial charge >= 0.3 is 18.2 Å². The highest BCUT2D eigenvalue weighted by Gasteiger charge is 2.32. The van der Waals surface area contributed by atoms with Crippen LogP contribution in [0.5, 0.6) is 0 Å². The van der Waals surface area contributed by atoms with E-state index in [1.165, 1.54) is 0 Å². The van der Waals surface area contributed by atoms with Crippen molar-refractivity contribution < 1.29 is 32.6 Å². The monoisotopic (exact) mass is 393 g/mol. The van der Waals surface area contributed by atoms with Crippen LogP contribution in [-0.2, 0) is 9.53 Å². The molecule has 0 heterocycles. The maximum absolute atomic E-state index is 12.3. The topological polar surface area (TPSA) is 75.6 Å². The third kappa shape index (κ3) is 4.44. The van der Waals surface area contributed by atoms with E-state index in [9.17, 15) is 22.8 Å². The lowest BCUT2D eigenvalue weighted by atomic mass is 9.98. The van der Waals surface area contributed by atoms with Crippen molar-refractivity contribution >= 4 is 12.1 Å². The molecule has 0 bridgehead atoms. The molecule has 2 N–H and O–H groups in total. The molecule has 1 aliphatic carbocycles. The molecule has 1 atom stereocenters. The maximum atomic E-state index is 12.3. The van der Waals surface area contributed by atoms with Crippen molar-refractivity contribution in [1.29, 1.82) is 0 Å². The molecule has 0 spiro atoms. The summed E-state index contributed by atoms with van der Waals surface area (Å²) in [6.07, 6.45) is -7.64. The number of carboxylic acid groups (broad SMARTS) is 1. The molecule has 8 heteroatoms. The molecule has 1 amide bonds. The van der Waals surface area contributed by atoms with Gasteiger partial charge in [-0.15, -0.1) is 0 Å². The normalized spacial score (nSPS) is 14.1. The minimum atomic E-state index is -4.50. The number of carboxylic acids is 1. The standard InChI is InChI=1S/C20H18F3NO4/c21-20(22,23)10-9-17(18(25)26)24-19(27)28-11-16-14-7-3-1-5-12(14)13-6-2-4-8-15(13)16/h1-8,16-17H,9-11H2,(H,24,27)(H,25,26)/t17-/m0/s1. The Morgan fingerprint density at radius 1 is 1.04 bits per heavy atom. The molecule has 1 aliphatic rings. The smallest absolute Gasteiger partial charge is 0.407 e. The predicted octanol–water partition coefficient (Wildman–Crippen LogP) is 4.32. The number of benzene rings is 2. The van der Waals surface area contributed by atoms with E-state index in [0.29, 0.717) is 0 Å². The highest BCUT2D eigenvalue weighted by molar-refractivity contribution is 5.81. The van der Waals surface area contributed by atoms with Gasteiger partial charge in [-0.05, 0) is 28.7 Å². The third-order valence-corrected chi connectivity index (χ3v) is 4.65. The van der Waals surface area contributed by atoms with Gasteiger partial charge < -0.3 is 15.2 Å². The fraction of sp³-hybridized carbons (Fsp3) is 0.300. The van der Waals surface area contributed by atoms with Crippen molar-refractivity contribution in [1.82, 2.24) is 5.32 Å². The van der Waals surface area contributed by atoms with Crippen LogP contribution in [0.25, 0.3) is 11.1 Å². The van der Waals surface area contributed by atoms with Gasteiger partial charge in [-0.3, -0.25) is 0 Å². The van der Waals surface area contributed by atoms with Gasteiger partial charge in [-0.25, -0.2) is 9.59 Å². The second-order valence-electron chi connectivity index (χ2n) is 6.51. The molecule has 2 aromatic carbocycles. The van der Waals surface area contributed by atoms with Crippen LogP contribution >= 0.6 is 0 Å².